The van der Waals surface area contributed by atoms with Crippen LogP contribution in [0.2, 0.25) is 0 Å². The molecule has 1 N–H and O–H groups in total. The van der Waals surface area contributed by atoms with Gasteiger partial charge >= 0.3 is 5.97 Å². The minimum absolute atomic E-state index is 0.0430. The SMILES string of the molecule is CCS(=O)(=O)N1CCC(N(CC(=O)O)Cc2nc3ccccc3s2)CC1. The lowest BCUT2D eigenvalue weighted by atomic mass is 10.0. The first-order valence-corrected chi connectivity index (χ1v) is 11.1. The standard InChI is InChI=1S/C17H23N3O4S2/c1-2-26(23,24)20-9-7-13(8-10-20)19(12-17(21)22)11-16-18-14-5-3-4-6-15(14)25-16/h3-6,13H,2,7-12H2,1H3,(H,21,22). The van der Waals surface area contributed by atoms with Crippen LogP contribution in [0.1, 0.15) is 24.8 Å². The number of rotatable bonds is 7. The van der Waals surface area contributed by atoms with Crippen LogP contribution in [0, 0.1) is 0 Å². The number of aromatic nitrogens is 1. The summed E-state index contributed by atoms with van der Waals surface area (Å²) in [4.78, 5) is 17.8. The summed E-state index contributed by atoms with van der Waals surface area (Å²) in [6, 6.07) is 7.90. The molecule has 2 heterocycles. The molecule has 1 aliphatic rings. The molecule has 142 valence electrons. The van der Waals surface area contributed by atoms with Gasteiger partial charge in [0.2, 0.25) is 10.0 Å². The fourth-order valence-corrected chi connectivity index (χ4v) is 5.44. The van der Waals surface area contributed by atoms with Crippen molar-refractivity contribution >= 4 is 37.5 Å². The maximum Gasteiger partial charge on any atom is 0.317 e. The number of carboxylic acids is 1. The second-order valence-electron chi connectivity index (χ2n) is 6.40. The normalized spacial score (nSPS) is 17.2. The van der Waals surface area contributed by atoms with Gasteiger partial charge in [0.1, 0.15) is 5.01 Å². The van der Waals surface area contributed by atoms with E-state index in [9.17, 15) is 18.3 Å². The Labute approximate surface area is 157 Å². The first kappa shape index (κ1) is 19.2. The molecule has 0 amide bonds. The highest BCUT2D eigenvalue weighted by Crippen LogP contribution is 2.25. The van der Waals surface area contributed by atoms with Gasteiger partial charge < -0.3 is 5.11 Å². The fraction of sp³-hybridized carbons (Fsp3) is 0.529. The van der Waals surface area contributed by atoms with Crippen LogP contribution in [0.25, 0.3) is 10.2 Å². The van der Waals surface area contributed by atoms with Crippen molar-refractivity contribution in [1.82, 2.24) is 14.2 Å². The van der Waals surface area contributed by atoms with Crippen LogP contribution in [0.3, 0.4) is 0 Å². The predicted molar refractivity (Wildman–Crippen MR) is 102 cm³/mol. The second-order valence-corrected chi connectivity index (χ2v) is 9.78. The number of aliphatic carboxylic acids is 1. The van der Waals surface area contributed by atoms with Crippen molar-refractivity contribution in [2.24, 2.45) is 0 Å². The zero-order valence-electron chi connectivity index (χ0n) is 14.7. The van der Waals surface area contributed by atoms with Crippen molar-refractivity contribution in [1.29, 1.82) is 0 Å². The summed E-state index contributed by atoms with van der Waals surface area (Å²) in [5.41, 5.74) is 0.923. The van der Waals surface area contributed by atoms with Crippen LogP contribution in [0.5, 0.6) is 0 Å². The van der Waals surface area contributed by atoms with Gasteiger partial charge in [-0.2, -0.15) is 0 Å². The maximum absolute atomic E-state index is 12.0. The summed E-state index contributed by atoms with van der Waals surface area (Å²) in [5, 5.41) is 10.2. The molecular formula is C17H23N3O4S2. The Bertz CT molecular complexity index is 840. The minimum atomic E-state index is -3.18. The van der Waals surface area contributed by atoms with Crippen LogP contribution in [0.15, 0.2) is 24.3 Å². The number of nitrogens with zero attached hydrogens (tertiary/aromatic N) is 3. The Balaban J connectivity index is 1.71. The average molecular weight is 398 g/mol. The molecule has 0 spiro atoms. The number of carboxylic acid groups (broad SMARTS) is 1. The quantitative estimate of drug-likeness (QED) is 0.768. The molecule has 1 fully saturated rings. The molecule has 7 nitrogen and oxygen atoms in total. The van der Waals surface area contributed by atoms with Crippen LogP contribution < -0.4 is 0 Å². The molecule has 9 heteroatoms. The molecule has 0 bridgehead atoms. The lowest BCUT2D eigenvalue weighted by Gasteiger charge is -2.36. The predicted octanol–water partition coefficient (Wildman–Crippen LogP) is 2.00. The highest BCUT2D eigenvalue weighted by atomic mass is 32.2. The summed E-state index contributed by atoms with van der Waals surface area (Å²) >= 11 is 1.57. The van der Waals surface area contributed by atoms with Gasteiger partial charge in [0.05, 0.1) is 29.1 Å². The number of fused-ring (bicyclic) bond motifs is 1. The van der Waals surface area contributed by atoms with E-state index in [1.54, 1.807) is 18.3 Å². The minimum Gasteiger partial charge on any atom is -0.480 e. The van der Waals surface area contributed by atoms with E-state index in [1.165, 1.54) is 4.31 Å². The molecule has 1 saturated heterocycles. The van der Waals surface area contributed by atoms with Gasteiger partial charge in [-0.1, -0.05) is 12.1 Å². The summed E-state index contributed by atoms with van der Waals surface area (Å²) in [6.07, 6.45) is 1.27. The van der Waals surface area contributed by atoms with Crippen LogP contribution >= 0.6 is 11.3 Å². The highest BCUT2D eigenvalue weighted by Gasteiger charge is 2.31. The third kappa shape index (κ3) is 4.40. The number of hydrogen-bond acceptors (Lipinski definition) is 6. The molecule has 1 aromatic carbocycles. The molecule has 2 aromatic rings. The molecular weight excluding hydrogens is 374 g/mol. The van der Waals surface area contributed by atoms with Gasteiger partial charge in [0.15, 0.2) is 0 Å². The van der Waals surface area contributed by atoms with Gasteiger partial charge in [0.25, 0.3) is 0 Å². The van der Waals surface area contributed by atoms with Crippen molar-refractivity contribution in [2.45, 2.75) is 32.4 Å². The van der Waals surface area contributed by atoms with Gasteiger partial charge in [-0.05, 0) is 31.9 Å². The van der Waals surface area contributed by atoms with Gasteiger partial charge in [0, 0.05) is 19.1 Å². The first-order chi connectivity index (χ1) is 12.4. The molecule has 1 aliphatic heterocycles. The summed E-state index contributed by atoms with van der Waals surface area (Å²) in [7, 11) is -3.18. The number of piperidine rings is 1. The van der Waals surface area contributed by atoms with Gasteiger partial charge in [-0.15, -0.1) is 11.3 Å². The lowest BCUT2D eigenvalue weighted by Crippen LogP contribution is -2.48. The summed E-state index contributed by atoms with van der Waals surface area (Å²) in [5.74, 6) is -0.780. The van der Waals surface area contributed by atoms with E-state index in [4.69, 9.17) is 0 Å². The van der Waals surface area contributed by atoms with Gasteiger partial charge in [-0.25, -0.2) is 17.7 Å². The number of para-hydroxylation sites is 1. The van der Waals surface area contributed by atoms with Gasteiger partial charge in [-0.3, -0.25) is 9.69 Å². The maximum atomic E-state index is 12.0. The van der Waals surface area contributed by atoms with Crippen molar-refractivity contribution in [3.05, 3.63) is 29.3 Å². The number of thiazole rings is 1. The molecule has 0 atom stereocenters. The third-order valence-corrected chi connectivity index (χ3v) is 7.62. The van der Waals surface area contributed by atoms with Crippen molar-refractivity contribution in [3.8, 4) is 0 Å². The monoisotopic (exact) mass is 397 g/mol. The van der Waals surface area contributed by atoms with Crippen LogP contribution in [-0.4, -0.2) is 65.1 Å². The van der Waals surface area contributed by atoms with E-state index < -0.39 is 16.0 Å². The molecule has 1 aromatic heterocycles. The van der Waals surface area contributed by atoms with E-state index in [-0.39, 0.29) is 18.3 Å². The van der Waals surface area contributed by atoms with Crippen molar-refractivity contribution < 1.29 is 18.3 Å². The third-order valence-electron chi connectivity index (χ3n) is 4.71. The lowest BCUT2D eigenvalue weighted by molar-refractivity contribution is -0.139. The zero-order chi connectivity index (χ0) is 18.7. The smallest absolute Gasteiger partial charge is 0.317 e. The highest BCUT2D eigenvalue weighted by molar-refractivity contribution is 7.89. The first-order valence-electron chi connectivity index (χ1n) is 8.67. The number of hydrogen-bond donors (Lipinski definition) is 1. The molecule has 0 unspecified atom stereocenters. The Hall–Kier alpha value is -1.55. The second kappa shape index (κ2) is 7.99. The molecule has 3 rings (SSSR count). The van der Waals surface area contributed by atoms with E-state index in [1.807, 2.05) is 29.2 Å². The average Bonchev–Trinajstić information content (AvgIpc) is 3.03. The van der Waals surface area contributed by atoms with E-state index in [2.05, 4.69) is 4.98 Å². The number of benzene rings is 1. The van der Waals surface area contributed by atoms with Crippen molar-refractivity contribution in [3.63, 3.8) is 0 Å². The summed E-state index contributed by atoms with van der Waals surface area (Å²) in [6.45, 7) is 2.93. The Kier molecular flexibility index (Phi) is 5.91. The van der Waals surface area contributed by atoms with Crippen LogP contribution in [0.4, 0.5) is 0 Å². The largest absolute Gasteiger partial charge is 0.480 e. The van der Waals surface area contributed by atoms with Crippen molar-refractivity contribution in [2.75, 3.05) is 25.4 Å². The number of carbonyl (C=O) groups is 1. The topological polar surface area (TPSA) is 90.8 Å². The Morgan fingerprint density at radius 3 is 2.65 bits per heavy atom. The summed E-state index contributed by atoms with van der Waals surface area (Å²) < 4.78 is 26.6. The molecule has 0 saturated carbocycles. The fourth-order valence-electron chi connectivity index (χ4n) is 3.32. The van der Waals surface area contributed by atoms with Crippen LogP contribution in [-0.2, 0) is 21.4 Å². The van der Waals surface area contributed by atoms with E-state index >= 15 is 0 Å². The van der Waals surface area contributed by atoms with E-state index in [0.717, 1.165) is 15.2 Å². The zero-order valence-corrected chi connectivity index (χ0v) is 16.3. The Morgan fingerprint density at radius 2 is 2.04 bits per heavy atom. The molecule has 26 heavy (non-hydrogen) atoms. The molecule has 0 radical (unpaired) electrons. The Morgan fingerprint density at radius 1 is 1.35 bits per heavy atom. The molecule has 0 aliphatic carbocycles. The number of sulfonamides is 1. The van der Waals surface area contributed by atoms with E-state index in [0.29, 0.717) is 32.5 Å².